The van der Waals surface area contributed by atoms with E-state index in [1.807, 2.05) is 4.90 Å². The van der Waals surface area contributed by atoms with Crippen molar-refractivity contribution in [2.24, 2.45) is 5.92 Å². The van der Waals surface area contributed by atoms with E-state index in [0.29, 0.717) is 13.0 Å². The number of ether oxygens (including phenoxy) is 1. The van der Waals surface area contributed by atoms with Crippen LogP contribution in [0.2, 0.25) is 0 Å². The van der Waals surface area contributed by atoms with Crippen LogP contribution in [0.15, 0.2) is 0 Å². The number of likely N-dealkylation sites (tertiary alicyclic amines) is 1. The number of hydrogen-bond acceptors (Lipinski definition) is 3. The van der Waals surface area contributed by atoms with E-state index < -0.39 is 6.10 Å². The Morgan fingerprint density at radius 3 is 3.00 bits per heavy atom. The van der Waals surface area contributed by atoms with Gasteiger partial charge < -0.3 is 14.7 Å². The molecule has 3 atom stereocenters. The number of nitrogens with zero attached hydrogens (tertiary/aromatic N) is 1. The van der Waals surface area contributed by atoms with Crippen molar-refractivity contribution in [1.82, 2.24) is 4.90 Å². The average Bonchev–Trinajstić information content (AvgIpc) is 2.78. The van der Waals surface area contributed by atoms with Gasteiger partial charge in [0.25, 0.3) is 0 Å². The maximum atomic E-state index is 11.9. The molecule has 18 heavy (non-hydrogen) atoms. The smallest absolute Gasteiger partial charge is 0.223 e. The van der Waals surface area contributed by atoms with Gasteiger partial charge in [0, 0.05) is 32.0 Å². The van der Waals surface area contributed by atoms with Crippen molar-refractivity contribution in [2.75, 3.05) is 19.7 Å². The maximum absolute atomic E-state index is 11.9. The minimum absolute atomic E-state index is 0.0531. The fourth-order valence-corrected chi connectivity index (χ4v) is 2.94. The lowest BCUT2D eigenvalue weighted by Crippen LogP contribution is -2.39. The number of rotatable bonds is 5. The van der Waals surface area contributed by atoms with E-state index in [0.717, 1.165) is 45.3 Å². The summed E-state index contributed by atoms with van der Waals surface area (Å²) in [6.07, 6.45) is 5.27. The molecule has 0 aromatic rings. The van der Waals surface area contributed by atoms with E-state index in [1.165, 1.54) is 0 Å². The summed E-state index contributed by atoms with van der Waals surface area (Å²) in [6, 6.07) is 0. The third-order valence-electron chi connectivity index (χ3n) is 4.10. The first-order chi connectivity index (χ1) is 8.72. The molecule has 4 nitrogen and oxygen atoms in total. The zero-order chi connectivity index (χ0) is 13.0. The third kappa shape index (κ3) is 3.23. The highest BCUT2D eigenvalue weighted by Gasteiger charge is 2.37. The van der Waals surface area contributed by atoms with Crippen molar-refractivity contribution in [3.05, 3.63) is 0 Å². The highest BCUT2D eigenvalue weighted by atomic mass is 16.5. The van der Waals surface area contributed by atoms with Crippen LogP contribution in [0.5, 0.6) is 0 Å². The normalized spacial score (nSPS) is 30.8. The Bertz CT molecular complexity index is 276. The Kier molecular flexibility index (Phi) is 5.01. The molecule has 2 aliphatic rings. The molecule has 2 heterocycles. The van der Waals surface area contributed by atoms with Gasteiger partial charge in [-0.25, -0.2) is 0 Å². The quantitative estimate of drug-likeness (QED) is 0.811. The Morgan fingerprint density at radius 2 is 2.33 bits per heavy atom. The number of aliphatic hydroxyl groups excluding tert-OH is 1. The van der Waals surface area contributed by atoms with Crippen molar-refractivity contribution >= 4 is 5.91 Å². The zero-order valence-electron chi connectivity index (χ0n) is 11.3. The number of amides is 1. The molecule has 0 spiro atoms. The van der Waals surface area contributed by atoms with Gasteiger partial charge in [-0.3, -0.25) is 4.79 Å². The molecule has 0 saturated carbocycles. The second-order valence-corrected chi connectivity index (χ2v) is 5.55. The van der Waals surface area contributed by atoms with E-state index in [-0.39, 0.29) is 17.9 Å². The molecule has 2 aliphatic heterocycles. The Hall–Kier alpha value is -0.610. The standard InChI is InChI=1S/C14H25NO3/c1-2-3-7-15-10-11(9-13(15)16)14(17)12-6-4-5-8-18-12/h11-12,14,17H,2-10H2,1H3. The summed E-state index contributed by atoms with van der Waals surface area (Å²) >= 11 is 0. The van der Waals surface area contributed by atoms with Gasteiger partial charge in [-0.1, -0.05) is 13.3 Å². The highest BCUT2D eigenvalue weighted by molar-refractivity contribution is 5.78. The predicted molar refractivity (Wildman–Crippen MR) is 69.2 cm³/mol. The van der Waals surface area contributed by atoms with Crippen molar-refractivity contribution in [3.8, 4) is 0 Å². The molecule has 1 N–H and O–H groups in total. The zero-order valence-corrected chi connectivity index (χ0v) is 11.3. The number of aliphatic hydroxyl groups is 1. The molecule has 0 aliphatic carbocycles. The van der Waals surface area contributed by atoms with Gasteiger partial charge in [0.2, 0.25) is 5.91 Å². The molecule has 0 aromatic carbocycles. The fourth-order valence-electron chi connectivity index (χ4n) is 2.94. The van der Waals surface area contributed by atoms with E-state index in [2.05, 4.69) is 6.92 Å². The van der Waals surface area contributed by atoms with Crippen LogP contribution in [0.4, 0.5) is 0 Å². The predicted octanol–water partition coefficient (Wildman–Crippen LogP) is 1.56. The van der Waals surface area contributed by atoms with E-state index >= 15 is 0 Å². The van der Waals surface area contributed by atoms with Crippen molar-refractivity contribution in [1.29, 1.82) is 0 Å². The molecular weight excluding hydrogens is 230 g/mol. The molecule has 0 radical (unpaired) electrons. The second kappa shape index (κ2) is 6.53. The van der Waals surface area contributed by atoms with Crippen LogP contribution in [0, 0.1) is 5.92 Å². The van der Waals surface area contributed by atoms with Gasteiger partial charge in [0.1, 0.15) is 0 Å². The van der Waals surface area contributed by atoms with Gasteiger partial charge in [-0.2, -0.15) is 0 Å². The first-order valence-corrected chi connectivity index (χ1v) is 7.29. The molecule has 2 fully saturated rings. The van der Waals surface area contributed by atoms with Crippen LogP contribution < -0.4 is 0 Å². The van der Waals surface area contributed by atoms with Gasteiger partial charge in [-0.05, 0) is 25.7 Å². The first kappa shape index (κ1) is 13.8. The molecule has 2 rings (SSSR count). The SMILES string of the molecule is CCCCN1CC(C(O)C2CCCCO2)CC1=O. The monoisotopic (exact) mass is 255 g/mol. The van der Waals surface area contributed by atoms with Crippen LogP contribution in [-0.4, -0.2) is 47.8 Å². The van der Waals surface area contributed by atoms with Gasteiger partial charge in [-0.15, -0.1) is 0 Å². The highest BCUT2D eigenvalue weighted by Crippen LogP contribution is 2.27. The van der Waals surface area contributed by atoms with Gasteiger partial charge >= 0.3 is 0 Å². The second-order valence-electron chi connectivity index (χ2n) is 5.55. The lowest BCUT2D eigenvalue weighted by molar-refractivity contribution is -0.128. The molecule has 0 bridgehead atoms. The fraction of sp³-hybridized carbons (Fsp3) is 0.929. The molecule has 3 unspecified atom stereocenters. The summed E-state index contributed by atoms with van der Waals surface area (Å²) in [7, 11) is 0. The summed E-state index contributed by atoms with van der Waals surface area (Å²) in [5.41, 5.74) is 0. The molecular formula is C14H25NO3. The van der Waals surface area contributed by atoms with Crippen LogP contribution in [0.1, 0.15) is 45.4 Å². The average molecular weight is 255 g/mol. The number of carbonyl (C=O) groups is 1. The van der Waals surface area contributed by atoms with Crippen molar-refractivity contribution in [3.63, 3.8) is 0 Å². The van der Waals surface area contributed by atoms with Crippen LogP contribution >= 0.6 is 0 Å². The molecule has 1 amide bonds. The van der Waals surface area contributed by atoms with Gasteiger partial charge in [0.15, 0.2) is 0 Å². The Balaban J connectivity index is 1.84. The van der Waals surface area contributed by atoms with E-state index in [9.17, 15) is 9.90 Å². The van der Waals surface area contributed by atoms with Gasteiger partial charge in [0.05, 0.1) is 12.2 Å². The summed E-state index contributed by atoms with van der Waals surface area (Å²) < 4.78 is 5.62. The largest absolute Gasteiger partial charge is 0.390 e. The van der Waals surface area contributed by atoms with Crippen LogP contribution in [-0.2, 0) is 9.53 Å². The lowest BCUT2D eigenvalue weighted by Gasteiger charge is -2.30. The Labute approximate surface area is 109 Å². The Morgan fingerprint density at radius 1 is 1.50 bits per heavy atom. The number of carbonyl (C=O) groups excluding carboxylic acids is 1. The first-order valence-electron chi connectivity index (χ1n) is 7.29. The summed E-state index contributed by atoms with van der Waals surface area (Å²) in [5, 5.41) is 10.3. The third-order valence-corrected chi connectivity index (χ3v) is 4.10. The summed E-state index contributed by atoms with van der Waals surface area (Å²) in [6.45, 7) is 4.43. The number of hydrogen-bond donors (Lipinski definition) is 1. The molecule has 4 heteroatoms. The summed E-state index contributed by atoms with van der Waals surface area (Å²) in [4.78, 5) is 13.8. The van der Waals surface area contributed by atoms with E-state index in [4.69, 9.17) is 4.74 Å². The molecule has 104 valence electrons. The van der Waals surface area contributed by atoms with Crippen LogP contribution in [0.3, 0.4) is 0 Å². The molecule has 0 aromatic heterocycles. The summed E-state index contributed by atoms with van der Waals surface area (Å²) in [5.74, 6) is 0.265. The molecule has 2 saturated heterocycles. The maximum Gasteiger partial charge on any atom is 0.223 e. The van der Waals surface area contributed by atoms with Crippen LogP contribution in [0.25, 0.3) is 0 Å². The van der Waals surface area contributed by atoms with Crippen molar-refractivity contribution < 1.29 is 14.6 Å². The minimum Gasteiger partial charge on any atom is -0.390 e. The number of unbranched alkanes of at least 4 members (excludes halogenated alkanes) is 1. The topological polar surface area (TPSA) is 49.8 Å². The van der Waals surface area contributed by atoms with Crippen molar-refractivity contribution in [2.45, 2.75) is 57.7 Å². The van der Waals surface area contributed by atoms with E-state index in [1.54, 1.807) is 0 Å². The lowest BCUT2D eigenvalue weighted by atomic mass is 9.93. The minimum atomic E-state index is -0.471.